The van der Waals surface area contributed by atoms with Crippen LogP contribution in [0.5, 0.6) is 0 Å². The highest BCUT2D eigenvalue weighted by Crippen LogP contribution is 2.13. The van der Waals surface area contributed by atoms with Crippen LogP contribution in [0.3, 0.4) is 0 Å². The summed E-state index contributed by atoms with van der Waals surface area (Å²) in [7, 11) is 1.88. The molecule has 2 N–H and O–H groups in total. The Bertz CT molecular complexity index is 203. The molecule has 0 radical (unpaired) electrons. The minimum atomic E-state index is 0.255. The van der Waals surface area contributed by atoms with E-state index in [1.807, 2.05) is 11.9 Å². The van der Waals surface area contributed by atoms with Crippen LogP contribution in [0.1, 0.15) is 32.1 Å². The number of unbranched alkanes of at least 4 members (excludes halogenated alkanes) is 2. The minimum absolute atomic E-state index is 0.255. The van der Waals surface area contributed by atoms with Crippen LogP contribution in [0.2, 0.25) is 0 Å². The van der Waals surface area contributed by atoms with Crippen molar-refractivity contribution < 1.29 is 9.90 Å². The van der Waals surface area contributed by atoms with E-state index in [0.717, 1.165) is 45.3 Å². The van der Waals surface area contributed by atoms with Gasteiger partial charge in [0.25, 0.3) is 0 Å². The van der Waals surface area contributed by atoms with E-state index in [9.17, 15) is 4.79 Å². The molecule has 1 aliphatic rings. The van der Waals surface area contributed by atoms with Crippen LogP contribution < -0.4 is 5.32 Å². The Morgan fingerprint density at radius 2 is 2.25 bits per heavy atom. The molecule has 1 heterocycles. The lowest BCUT2D eigenvalue weighted by atomic mass is 10.0. The lowest BCUT2D eigenvalue weighted by Gasteiger charge is -2.18. The molecule has 4 nitrogen and oxygen atoms in total. The largest absolute Gasteiger partial charge is 0.396 e. The van der Waals surface area contributed by atoms with Crippen molar-refractivity contribution in [3.8, 4) is 0 Å². The van der Waals surface area contributed by atoms with E-state index in [1.54, 1.807) is 0 Å². The number of nitrogens with one attached hydrogen (secondary N) is 1. The Balaban J connectivity index is 2.09. The number of aliphatic hydroxyl groups excluding tert-OH is 1. The van der Waals surface area contributed by atoms with Crippen LogP contribution in [0.25, 0.3) is 0 Å². The second kappa shape index (κ2) is 7.63. The zero-order valence-corrected chi connectivity index (χ0v) is 10.2. The third-order valence-electron chi connectivity index (χ3n) is 3.20. The molecule has 0 aromatic heterocycles. The SMILES string of the molecule is CN(CCCCCO)C(=O)CC1CCNC1. The molecule has 0 aromatic carbocycles. The number of nitrogens with zero attached hydrogens (tertiary/aromatic N) is 1. The molecule has 16 heavy (non-hydrogen) atoms. The van der Waals surface area contributed by atoms with Crippen molar-refractivity contribution in [2.24, 2.45) is 5.92 Å². The quantitative estimate of drug-likeness (QED) is 0.628. The molecule has 1 amide bonds. The second-order valence-corrected chi connectivity index (χ2v) is 4.66. The number of rotatable bonds is 7. The van der Waals surface area contributed by atoms with Gasteiger partial charge >= 0.3 is 0 Å². The molecular formula is C12H24N2O2. The third kappa shape index (κ3) is 4.94. The van der Waals surface area contributed by atoms with Gasteiger partial charge in [0, 0.05) is 26.6 Å². The molecular weight excluding hydrogens is 204 g/mol. The molecule has 0 spiro atoms. The van der Waals surface area contributed by atoms with Gasteiger partial charge in [-0.1, -0.05) is 0 Å². The fourth-order valence-electron chi connectivity index (χ4n) is 2.05. The van der Waals surface area contributed by atoms with Gasteiger partial charge < -0.3 is 15.3 Å². The van der Waals surface area contributed by atoms with E-state index >= 15 is 0 Å². The van der Waals surface area contributed by atoms with Crippen molar-refractivity contribution in [3.63, 3.8) is 0 Å². The van der Waals surface area contributed by atoms with Crippen LogP contribution in [0.4, 0.5) is 0 Å². The number of carbonyl (C=O) groups is 1. The fraction of sp³-hybridized carbons (Fsp3) is 0.917. The fourth-order valence-corrected chi connectivity index (χ4v) is 2.05. The highest BCUT2D eigenvalue weighted by atomic mass is 16.2. The molecule has 1 aliphatic heterocycles. The number of hydrogen-bond acceptors (Lipinski definition) is 3. The molecule has 1 unspecified atom stereocenters. The first kappa shape index (κ1) is 13.5. The maximum absolute atomic E-state index is 11.8. The van der Waals surface area contributed by atoms with E-state index in [2.05, 4.69) is 5.32 Å². The van der Waals surface area contributed by atoms with E-state index in [4.69, 9.17) is 5.11 Å². The Morgan fingerprint density at radius 3 is 2.88 bits per heavy atom. The van der Waals surface area contributed by atoms with Crippen LogP contribution in [0, 0.1) is 5.92 Å². The van der Waals surface area contributed by atoms with Crippen molar-refractivity contribution in [2.45, 2.75) is 32.1 Å². The highest BCUT2D eigenvalue weighted by molar-refractivity contribution is 5.76. The van der Waals surface area contributed by atoms with Crippen LogP contribution in [-0.4, -0.2) is 49.2 Å². The topological polar surface area (TPSA) is 52.6 Å². The lowest BCUT2D eigenvalue weighted by Crippen LogP contribution is -2.29. The van der Waals surface area contributed by atoms with Gasteiger partial charge in [-0.3, -0.25) is 4.79 Å². The third-order valence-corrected chi connectivity index (χ3v) is 3.20. The van der Waals surface area contributed by atoms with E-state index in [0.29, 0.717) is 12.3 Å². The van der Waals surface area contributed by atoms with Gasteiger partial charge in [0.2, 0.25) is 5.91 Å². The summed E-state index contributed by atoms with van der Waals surface area (Å²) in [4.78, 5) is 13.6. The molecule has 0 aliphatic carbocycles. The highest BCUT2D eigenvalue weighted by Gasteiger charge is 2.19. The predicted molar refractivity (Wildman–Crippen MR) is 64.2 cm³/mol. The summed E-state index contributed by atoms with van der Waals surface area (Å²) < 4.78 is 0. The Morgan fingerprint density at radius 1 is 1.44 bits per heavy atom. The molecule has 1 saturated heterocycles. The number of amides is 1. The zero-order valence-electron chi connectivity index (χ0n) is 10.2. The maximum atomic E-state index is 11.8. The van der Waals surface area contributed by atoms with Crippen molar-refractivity contribution in [1.29, 1.82) is 0 Å². The molecule has 0 aromatic rings. The van der Waals surface area contributed by atoms with Gasteiger partial charge in [-0.05, 0) is 44.7 Å². The van der Waals surface area contributed by atoms with Crippen LogP contribution in [-0.2, 0) is 4.79 Å². The number of carbonyl (C=O) groups excluding carboxylic acids is 1. The van der Waals surface area contributed by atoms with Crippen LogP contribution in [0.15, 0.2) is 0 Å². The first-order valence-corrected chi connectivity index (χ1v) is 6.29. The molecule has 94 valence electrons. The molecule has 0 bridgehead atoms. The summed E-state index contributed by atoms with van der Waals surface area (Å²) in [5.74, 6) is 0.796. The lowest BCUT2D eigenvalue weighted by molar-refractivity contribution is -0.130. The molecule has 4 heteroatoms. The first-order valence-electron chi connectivity index (χ1n) is 6.29. The maximum Gasteiger partial charge on any atom is 0.222 e. The summed E-state index contributed by atoms with van der Waals surface area (Å²) in [5, 5.41) is 11.9. The van der Waals surface area contributed by atoms with E-state index < -0.39 is 0 Å². The van der Waals surface area contributed by atoms with Gasteiger partial charge in [-0.25, -0.2) is 0 Å². The average Bonchev–Trinajstić information content (AvgIpc) is 2.76. The van der Waals surface area contributed by atoms with Gasteiger partial charge in [-0.15, -0.1) is 0 Å². The summed E-state index contributed by atoms with van der Waals surface area (Å²) in [6.45, 7) is 3.12. The van der Waals surface area contributed by atoms with Gasteiger partial charge in [0.05, 0.1) is 0 Å². The predicted octanol–water partition coefficient (Wildman–Crippen LogP) is 0.607. The molecule has 1 fully saturated rings. The van der Waals surface area contributed by atoms with Gasteiger partial charge in [-0.2, -0.15) is 0 Å². The van der Waals surface area contributed by atoms with Crippen molar-refractivity contribution in [3.05, 3.63) is 0 Å². The summed E-state index contributed by atoms with van der Waals surface area (Å²) in [5.41, 5.74) is 0. The summed E-state index contributed by atoms with van der Waals surface area (Å²) in [6.07, 6.45) is 4.65. The Labute approximate surface area is 98.0 Å². The zero-order chi connectivity index (χ0) is 11.8. The van der Waals surface area contributed by atoms with Gasteiger partial charge in [0.1, 0.15) is 0 Å². The summed E-state index contributed by atoms with van der Waals surface area (Å²) in [6, 6.07) is 0. The number of hydrogen-bond donors (Lipinski definition) is 2. The molecule has 0 saturated carbocycles. The first-order chi connectivity index (χ1) is 7.74. The Kier molecular flexibility index (Phi) is 6.42. The smallest absolute Gasteiger partial charge is 0.222 e. The Hall–Kier alpha value is -0.610. The normalized spacial score (nSPS) is 20.0. The standard InChI is InChI=1S/C12H24N2O2/c1-14(7-3-2-4-8-15)12(16)9-11-5-6-13-10-11/h11,13,15H,2-10H2,1H3. The second-order valence-electron chi connectivity index (χ2n) is 4.66. The van der Waals surface area contributed by atoms with Crippen LogP contribution >= 0.6 is 0 Å². The molecule has 1 rings (SSSR count). The van der Waals surface area contributed by atoms with Crippen molar-refractivity contribution >= 4 is 5.91 Å². The van der Waals surface area contributed by atoms with E-state index in [1.165, 1.54) is 0 Å². The number of aliphatic hydroxyl groups is 1. The minimum Gasteiger partial charge on any atom is -0.396 e. The average molecular weight is 228 g/mol. The van der Waals surface area contributed by atoms with E-state index in [-0.39, 0.29) is 12.5 Å². The van der Waals surface area contributed by atoms with Crippen molar-refractivity contribution in [2.75, 3.05) is 33.3 Å². The van der Waals surface area contributed by atoms with Gasteiger partial charge in [0.15, 0.2) is 0 Å². The summed E-state index contributed by atoms with van der Waals surface area (Å²) >= 11 is 0. The monoisotopic (exact) mass is 228 g/mol. The van der Waals surface area contributed by atoms with Crippen molar-refractivity contribution in [1.82, 2.24) is 10.2 Å². The molecule has 1 atom stereocenters.